The Morgan fingerprint density at radius 3 is 1.94 bits per heavy atom. The molecule has 2 aliphatic heterocycles. The third-order valence-corrected chi connectivity index (χ3v) is 3.96. The third kappa shape index (κ3) is 4.23. The molecule has 0 amide bonds. The van der Waals surface area contributed by atoms with Crippen LogP contribution in [0.3, 0.4) is 0 Å². The maximum absolute atomic E-state index is 2.70. The van der Waals surface area contributed by atoms with Crippen molar-refractivity contribution < 1.29 is 0 Å². The number of piperazine rings is 1. The van der Waals surface area contributed by atoms with Crippen LogP contribution in [-0.2, 0) is 0 Å². The Bertz CT molecular complexity index is 198. The standard InChI is InChI=1S/C12H25N3.C2H6/c1-11(2)14-6-8-15(9-7-14)12-4-5-13(3)10-12;1-2/h11-12H,4-10H2,1-3H3;1-2H3. The van der Waals surface area contributed by atoms with Crippen LogP contribution in [-0.4, -0.2) is 73.1 Å². The van der Waals surface area contributed by atoms with Gasteiger partial charge in [-0.05, 0) is 33.9 Å². The second kappa shape index (κ2) is 7.34. The van der Waals surface area contributed by atoms with Crippen molar-refractivity contribution in [3.8, 4) is 0 Å². The van der Waals surface area contributed by atoms with E-state index >= 15 is 0 Å². The average molecular weight is 241 g/mol. The van der Waals surface area contributed by atoms with Gasteiger partial charge in [0.1, 0.15) is 0 Å². The van der Waals surface area contributed by atoms with Crippen LogP contribution in [0.5, 0.6) is 0 Å². The Labute approximate surface area is 108 Å². The maximum Gasteiger partial charge on any atom is 0.0236 e. The van der Waals surface area contributed by atoms with E-state index in [4.69, 9.17) is 0 Å². The summed E-state index contributed by atoms with van der Waals surface area (Å²) in [6, 6.07) is 1.56. The smallest absolute Gasteiger partial charge is 0.0236 e. The van der Waals surface area contributed by atoms with E-state index in [1.54, 1.807) is 0 Å². The molecule has 2 saturated heterocycles. The molecular formula is C14H31N3. The van der Waals surface area contributed by atoms with Crippen LogP contribution in [0.25, 0.3) is 0 Å². The largest absolute Gasteiger partial charge is 0.305 e. The highest BCUT2D eigenvalue weighted by Crippen LogP contribution is 2.16. The Kier molecular flexibility index (Phi) is 6.45. The minimum Gasteiger partial charge on any atom is -0.305 e. The minimum absolute atomic E-state index is 0.721. The Balaban J connectivity index is 0.000000686. The van der Waals surface area contributed by atoms with Crippen molar-refractivity contribution in [3.05, 3.63) is 0 Å². The van der Waals surface area contributed by atoms with Crippen molar-refractivity contribution in [1.82, 2.24) is 14.7 Å². The Morgan fingerprint density at radius 1 is 0.941 bits per heavy atom. The van der Waals surface area contributed by atoms with Crippen LogP contribution in [0.15, 0.2) is 0 Å². The van der Waals surface area contributed by atoms with Gasteiger partial charge in [0.2, 0.25) is 0 Å². The summed E-state index contributed by atoms with van der Waals surface area (Å²) in [4.78, 5) is 7.75. The van der Waals surface area contributed by atoms with Gasteiger partial charge in [-0.15, -0.1) is 0 Å². The zero-order valence-electron chi connectivity index (χ0n) is 12.4. The first-order valence-electron chi connectivity index (χ1n) is 7.33. The Hall–Kier alpha value is -0.120. The van der Waals surface area contributed by atoms with E-state index in [9.17, 15) is 0 Å². The van der Waals surface area contributed by atoms with E-state index in [0.29, 0.717) is 0 Å². The summed E-state index contributed by atoms with van der Waals surface area (Å²) in [6.07, 6.45) is 1.37. The Morgan fingerprint density at radius 2 is 1.53 bits per heavy atom. The molecule has 2 aliphatic rings. The summed E-state index contributed by atoms with van der Waals surface area (Å²) >= 11 is 0. The molecule has 2 heterocycles. The maximum atomic E-state index is 2.70. The fraction of sp³-hybridized carbons (Fsp3) is 1.00. The van der Waals surface area contributed by atoms with Gasteiger partial charge in [-0.2, -0.15) is 0 Å². The van der Waals surface area contributed by atoms with E-state index in [1.807, 2.05) is 13.8 Å². The van der Waals surface area contributed by atoms with Crippen molar-refractivity contribution in [1.29, 1.82) is 0 Å². The van der Waals surface area contributed by atoms with Gasteiger partial charge < -0.3 is 4.90 Å². The predicted molar refractivity (Wildman–Crippen MR) is 75.5 cm³/mol. The first kappa shape index (κ1) is 14.9. The quantitative estimate of drug-likeness (QED) is 0.729. The molecule has 0 aliphatic carbocycles. The van der Waals surface area contributed by atoms with Gasteiger partial charge >= 0.3 is 0 Å². The lowest BCUT2D eigenvalue weighted by Gasteiger charge is -2.39. The normalized spacial score (nSPS) is 28.2. The summed E-state index contributed by atoms with van der Waals surface area (Å²) in [6.45, 7) is 16.2. The van der Waals surface area contributed by atoms with Gasteiger partial charge in [-0.1, -0.05) is 13.8 Å². The number of hydrogen-bond acceptors (Lipinski definition) is 3. The molecule has 1 unspecified atom stereocenters. The minimum atomic E-state index is 0.721. The molecule has 2 fully saturated rings. The highest BCUT2D eigenvalue weighted by atomic mass is 15.3. The highest BCUT2D eigenvalue weighted by Gasteiger charge is 2.28. The number of likely N-dealkylation sites (N-methyl/N-ethyl adjacent to an activating group) is 1. The van der Waals surface area contributed by atoms with Crippen molar-refractivity contribution in [3.63, 3.8) is 0 Å². The summed E-state index contributed by atoms with van der Waals surface area (Å²) < 4.78 is 0. The lowest BCUT2D eigenvalue weighted by molar-refractivity contribution is 0.0809. The average Bonchev–Trinajstić information content (AvgIpc) is 2.79. The van der Waals surface area contributed by atoms with Crippen LogP contribution in [0.4, 0.5) is 0 Å². The van der Waals surface area contributed by atoms with Gasteiger partial charge in [-0.25, -0.2) is 0 Å². The van der Waals surface area contributed by atoms with Crippen molar-refractivity contribution in [2.45, 2.75) is 46.2 Å². The number of likely N-dealkylation sites (tertiary alicyclic amines) is 1. The zero-order valence-corrected chi connectivity index (χ0v) is 12.4. The lowest BCUT2D eigenvalue weighted by atomic mass is 10.1. The van der Waals surface area contributed by atoms with Crippen LogP contribution in [0.2, 0.25) is 0 Å². The molecule has 0 N–H and O–H groups in total. The van der Waals surface area contributed by atoms with E-state index in [-0.39, 0.29) is 0 Å². The van der Waals surface area contributed by atoms with Crippen LogP contribution in [0.1, 0.15) is 34.1 Å². The molecule has 0 aromatic rings. The summed E-state index contributed by atoms with van der Waals surface area (Å²) in [5, 5.41) is 0. The fourth-order valence-electron chi connectivity index (χ4n) is 2.83. The number of hydrogen-bond donors (Lipinski definition) is 0. The van der Waals surface area contributed by atoms with Gasteiger partial charge in [0.15, 0.2) is 0 Å². The molecule has 102 valence electrons. The molecule has 3 nitrogen and oxygen atoms in total. The van der Waals surface area contributed by atoms with Crippen molar-refractivity contribution >= 4 is 0 Å². The third-order valence-electron chi connectivity index (χ3n) is 3.96. The fourth-order valence-corrected chi connectivity index (χ4v) is 2.83. The van der Waals surface area contributed by atoms with Crippen LogP contribution >= 0.6 is 0 Å². The molecule has 0 radical (unpaired) electrons. The van der Waals surface area contributed by atoms with E-state index in [0.717, 1.165) is 12.1 Å². The second-order valence-electron chi connectivity index (χ2n) is 5.37. The molecule has 0 aromatic heterocycles. The van der Waals surface area contributed by atoms with E-state index < -0.39 is 0 Å². The first-order valence-corrected chi connectivity index (χ1v) is 7.33. The molecule has 17 heavy (non-hydrogen) atoms. The molecule has 2 rings (SSSR count). The lowest BCUT2D eigenvalue weighted by Crippen LogP contribution is -2.52. The summed E-state index contributed by atoms with van der Waals surface area (Å²) in [5.41, 5.74) is 0. The first-order chi connectivity index (χ1) is 8.16. The second-order valence-corrected chi connectivity index (χ2v) is 5.37. The predicted octanol–water partition coefficient (Wildman–Crippen LogP) is 1.74. The molecule has 1 atom stereocenters. The van der Waals surface area contributed by atoms with E-state index in [1.165, 1.54) is 45.7 Å². The topological polar surface area (TPSA) is 9.72 Å². The van der Waals surface area contributed by atoms with Crippen molar-refractivity contribution in [2.75, 3.05) is 46.3 Å². The van der Waals surface area contributed by atoms with Gasteiger partial charge in [0, 0.05) is 44.8 Å². The monoisotopic (exact) mass is 241 g/mol. The molecule has 3 heteroatoms. The molecule has 0 aromatic carbocycles. The molecule has 0 saturated carbocycles. The zero-order chi connectivity index (χ0) is 12.8. The van der Waals surface area contributed by atoms with Gasteiger partial charge in [-0.3, -0.25) is 9.80 Å². The van der Waals surface area contributed by atoms with Crippen LogP contribution in [0, 0.1) is 0 Å². The number of rotatable bonds is 2. The summed E-state index contributed by atoms with van der Waals surface area (Å²) in [5.74, 6) is 0. The van der Waals surface area contributed by atoms with Gasteiger partial charge in [0.05, 0.1) is 0 Å². The SMILES string of the molecule is CC.CC(C)N1CCN(C2CCN(C)C2)CC1. The highest BCUT2D eigenvalue weighted by molar-refractivity contribution is 4.85. The summed E-state index contributed by atoms with van der Waals surface area (Å²) in [7, 11) is 2.24. The van der Waals surface area contributed by atoms with E-state index in [2.05, 4.69) is 35.6 Å². The molecule has 0 bridgehead atoms. The van der Waals surface area contributed by atoms with Crippen molar-refractivity contribution in [2.24, 2.45) is 0 Å². The number of nitrogens with zero attached hydrogens (tertiary/aromatic N) is 3. The van der Waals surface area contributed by atoms with Crippen LogP contribution < -0.4 is 0 Å². The molecular weight excluding hydrogens is 210 g/mol. The van der Waals surface area contributed by atoms with Gasteiger partial charge in [0.25, 0.3) is 0 Å². The molecule has 0 spiro atoms.